The molecule has 26 heavy (non-hydrogen) atoms. The molecule has 2 aromatic rings. The molecule has 1 aromatic heterocycles. The van der Waals surface area contributed by atoms with Crippen molar-refractivity contribution in [2.24, 2.45) is 0 Å². The lowest BCUT2D eigenvalue weighted by molar-refractivity contribution is 0.0934. The van der Waals surface area contributed by atoms with Gasteiger partial charge in [0.2, 0.25) is 0 Å². The molecule has 0 saturated heterocycles. The predicted octanol–water partition coefficient (Wildman–Crippen LogP) is 4.03. The Labute approximate surface area is 162 Å². The number of hydrogen-bond acceptors (Lipinski definition) is 5. The first-order valence-electron chi connectivity index (χ1n) is 8.77. The highest BCUT2D eigenvalue weighted by molar-refractivity contribution is 7.16. The lowest BCUT2D eigenvalue weighted by Gasteiger charge is -2.31. The topological polar surface area (TPSA) is 53.6 Å². The number of carbonyl (C=O) groups excluding carboxylic acids is 1. The minimum atomic E-state index is -0.292. The molecular formula is C19H22ClN3O2S. The average molecular weight is 392 g/mol. The van der Waals surface area contributed by atoms with E-state index in [0.29, 0.717) is 16.8 Å². The van der Waals surface area contributed by atoms with Crippen LogP contribution in [0.25, 0.3) is 0 Å². The van der Waals surface area contributed by atoms with E-state index in [1.165, 1.54) is 10.4 Å². The summed E-state index contributed by atoms with van der Waals surface area (Å²) in [6.07, 6.45) is 0.632. The van der Waals surface area contributed by atoms with Gasteiger partial charge in [-0.25, -0.2) is 0 Å². The second-order valence-corrected chi connectivity index (χ2v) is 8.48. The lowest BCUT2D eigenvalue weighted by atomic mass is 9.99. The van der Waals surface area contributed by atoms with Crippen molar-refractivity contribution >= 4 is 33.8 Å². The number of thiophene rings is 1. The van der Waals surface area contributed by atoms with Gasteiger partial charge in [0, 0.05) is 24.0 Å². The van der Waals surface area contributed by atoms with Crippen LogP contribution in [-0.2, 0) is 13.0 Å². The Kier molecular flexibility index (Phi) is 4.59. The number of methoxy groups -OCH3 is 1. The number of benzene rings is 1. The maximum Gasteiger partial charge on any atom is 0.256 e. The quantitative estimate of drug-likeness (QED) is 0.829. The number of amides is 1. The maximum absolute atomic E-state index is 12.8. The van der Waals surface area contributed by atoms with Crippen LogP contribution in [0.2, 0.25) is 5.02 Å². The highest BCUT2D eigenvalue weighted by Gasteiger charge is 2.33. The summed E-state index contributed by atoms with van der Waals surface area (Å²) in [7, 11) is 1.59. The summed E-state index contributed by atoms with van der Waals surface area (Å²) in [6, 6.07) is 6.08. The summed E-state index contributed by atoms with van der Waals surface area (Å²) in [5.41, 5.74) is 2.94. The largest absolute Gasteiger partial charge is 0.495 e. The van der Waals surface area contributed by atoms with Crippen molar-refractivity contribution in [3.63, 3.8) is 0 Å². The minimum absolute atomic E-state index is 0.00816. The van der Waals surface area contributed by atoms with Crippen LogP contribution in [0.5, 0.6) is 5.75 Å². The number of nitrogens with one attached hydrogen (secondary N) is 2. The summed E-state index contributed by atoms with van der Waals surface area (Å²) in [6.45, 7) is 6.34. The van der Waals surface area contributed by atoms with Crippen LogP contribution in [0.1, 0.15) is 46.4 Å². The Morgan fingerprint density at radius 3 is 2.85 bits per heavy atom. The first-order chi connectivity index (χ1) is 12.5. The molecule has 2 aliphatic heterocycles. The summed E-state index contributed by atoms with van der Waals surface area (Å²) >= 11 is 7.95. The Hall–Kier alpha value is -1.76. The van der Waals surface area contributed by atoms with Crippen molar-refractivity contribution in [3.8, 4) is 5.75 Å². The number of halogens is 1. The van der Waals surface area contributed by atoms with Gasteiger partial charge in [0.05, 0.1) is 17.7 Å². The van der Waals surface area contributed by atoms with Gasteiger partial charge < -0.3 is 15.4 Å². The summed E-state index contributed by atoms with van der Waals surface area (Å²) in [5, 5.41) is 8.04. The van der Waals surface area contributed by atoms with E-state index in [1.54, 1.807) is 18.4 Å². The fourth-order valence-electron chi connectivity index (χ4n) is 3.61. The Bertz CT molecular complexity index is 865. The van der Waals surface area contributed by atoms with Crippen LogP contribution in [-0.4, -0.2) is 30.5 Å². The molecule has 138 valence electrons. The van der Waals surface area contributed by atoms with E-state index in [1.807, 2.05) is 18.2 Å². The molecule has 7 heteroatoms. The highest BCUT2D eigenvalue weighted by Crippen LogP contribution is 2.41. The Balaban J connectivity index is 1.63. The zero-order valence-corrected chi connectivity index (χ0v) is 16.6. The Morgan fingerprint density at radius 2 is 2.15 bits per heavy atom. The van der Waals surface area contributed by atoms with E-state index in [-0.39, 0.29) is 12.1 Å². The molecule has 0 fully saturated rings. The van der Waals surface area contributed by atoms with Gasteiger partial charge in [-0.2, -0.15) is 0 Å². The summed E-state index contributed by atoms with van der Waals surface area (Å²) in [5.74, 6) is 0.616. The van der Waals surface area contributed by atoms with Crippen LogP contribution in [0.3, 0.4) is 0 Å². The van der Waals surface area contributed by atoms with Crippen LogP contribution < -0.4 is 15.4 Å². The molecule has 1 atom stereocenters. The van der Waals surface area contributed by atoms with E-state index < -0.39 is 0 Å². The molecule has 2 aliphatic rings. The number of anilines is 1. The van der Waals surface area contributed by atoms with Crippen LogP contribution in [0.4, 0.5) is 5.00 Å². The van der Waals surface area contributed by atoms with Gasteiger partial charge >= 0.3 is 0 Å². The van der Waals surface area contributed by atoms with Crippen molar-refractivity contribution in [2.45, 2.75) is 39.0 Å². The maximum atomic E-state index is 12.8. The zero-order chi connectivity index (χ0) is 18.4. The number of ether oxygens (including phenoxy) is 1. The van der Waals surface area contributed by atoms with Gasteiger partial charge in [-0.1, -0.05) is 17.7 Å². The van der Waals surface area contributed by atoms with Crippen molar-refractivity contribution < 1.29 is 9.53 Å². The average Bonchev–Trinajstić information content (AvgIpc) is 2.99. The number of hydrogen-bond donors (Lipinski definition) is 2. The zero-order valence-electron chi connectivity index (χ0n) is 15.1. The van der Waals surface area contributed by atoms with E-state index in [4.69, 9.17) is 16.3 Å². The number of rotatable bonds is 3. The van der Waals surface area contributed by atoms with Crippen LogP contribution >= 0.6 is 22.9 Å². The molecule has 1 amide bonds. The van der Waals surface area contributed by atoms with Crippen molar-refractivity contribution in [2.75, 3.05) is 19.0 Å². The molecule has 4 rings (SSSR count). The molecule has 2 N–H and O–H groups in total. The predicted molar refractivity (Wildman–Crippen MR) is 105 cm³/mol. The van der Waals surface area contributed by atoms with Crippen LogP contribution in [0.15, 0.2) is 18.2 Å². The van der Waals surface area contributed by atoms with Gasteiger partial charge in [-0.05, 0) is 43.5 Å². The molecule has 3 heterocycles. The monoisotopic (exact) mass is 391 g/mol. The molecule has 0 radical (unpaired) electrons. The standard InChI is InChI=1S/C19H22ClN3O2S/c1-10(2)23-7-6-12-15(9-23)26-19-16(12)18(24)21-17(22-19)11-4-5-14(25-3)13(20)8-11/h4-5,8,10,17,22H,6-7,9H2,1-3H3,(H,21,24)/t17-/m0/s1. The van der Waals surface area contributed by atoms with E-state index >= 15 is 0 Å². The normalized spacial score (nSPS) is 19.6. The first kappa shape index (κ1) is 17.6. The smallest absolute Gasteiger partial charge is 0.256 e. The molecule has 0 unspecified atom stereocenters. The second-order valence-electron chi connectivity index (χ2n) is 6.97. The van der Waals surface area contributed by atoms with Crippen molar-refractivity contribution in [1.82, 2.24) is 10.2 Å². The molecule has 0 aliphatic carbocycles. The minimum Gasteiger partial charge on any atom is -0.495 e. The highest BCUT2D eigenvalue weighted by atomic mass is 35.5. The molecule has 0 saturated carbocycles. The van der Waals surface area contributed by atoms with Gasteiger partial charge in [0.25, 0.3) is 5.91 Å². The first-order valence-corrected chi connectivity index (χ1v) is 9.96. The van der Waals surface area contributed by atoms with E-state index in [9.17, 15) is 4.79 Å². The summed E-state index contributed by atoms with van der Waals surface area (Å²) < 4.78 is 5.21. The van der Waals surface area contributed by atoms with Gasteiger partial charge in [-0.15, -0.1) is 11.3 Å². The number of carbonyl (C=O) groups is 1. The fourth-order valence-corrected chi connectivity index (χ4v) is 5.17. The summed E-state index contributed by atoms with van der Waals surface area (Å²) in [4.78, 5) is 16.6. The third kappa shape index (κ3) is 2.96. The van der Waals surface area contributed by atoms with Gasteiger partial charge in [0.15, 0.2) is 0 Å². The van der Waals surface area contributed by atoms with Crippen molar-refractivity contribution in [3.05, 3.63) is 44.8 Å². The molecule has 0 bridgehead atoms. The third-order valence-electron chi connectivity index (χ3n) is 5.10. The van der Waals surface area contributed by atoms with E-state index in [0.717, 1.165) is 35.6 Å². The Morgan fingerprint density at radius 1 is 1.35 bits per heavy atom. The second kappa shape index (κ2) is 6.76. The molecular weight excluding hydrogens is 370 g/mol. The SMILES string of the molecule is COc1ccc([C@H]2NC(=O)c3c(sc4c3CCN(C(C)C)C4)N2)cc1Cl. The number of nitrogens with zero attached hydrogens (tertiary/aromatic N) is 1. The van der Waals surface area contributed by atoms with E-state index in [2.05, 4.69) is 29.4 Å². The lowest BCUT2D eigenvalue weighted by Crippen LogP contribution is -2.39. The third-order valence-corrected chi connectivity index (χ3v) is 6.55. The van der Waals surface area contributed by atoms with Crippen molar-refractivity contribution in [1.29, 1.82) is 0 Å². The van der Waals surface area contributed by atoms with Crippen LogP contribution in [0, 0.1) is 0 Å². The molecule has 5 nitrogen and oxygen atoms in total. The van der Waals surface area contributed by atoms with Gasteiger partial charge in [0.1, 0.15) is 16.9 Å². The number of fused-ring (bicyclic) bond motifs is 3. The fraction of sp³-hybridized carbons (Fsp3) is 0.421. The molecule has 0 spiro atoms. The molecule has 1 aromatic carbocycles. The van der Waals surface area contributed by atoms with Gasteiger partial charge in [-0.3, -0.25) is 9.69 Å².